The molecule has 0 aliphatic rings. The number of hydrogen-bond acceptors (Lipinski definition) is 0. The normalized spacial score (nSPS) is 11.3. The van der Waals surface area contributed by atoms with Gasteiger partial charge in [-0.1, -0.05) is 61.9 Å². The molecular weight excluding hydrogens is 266 g/mol. The summed E-state index contributed by atoms with van der Waals surface area (Å²) in [6, 6.07) is 24.1. The van der Waals surface area contributed by atoms with Crippen molar-refractivity contribution in [1.82, 2.24) is 4.98 Å². The zero-order chi connectivity index (χ0) is 14.9. The fourth-order valence-electron chi connectivity index (χ4n) is 3.18. The number of rotatable bonds is 3. The Kier molecular flexibility index (Phi) is 3.19. The molecule has 0 saturated carbocycles. The van der Waals surface area contributed by atoms with Gasteiger partial charge in [0.2, 0.25) is 0 Å². The molecule has 22 heavy (non-hydrogen) atoms. The van der Waals surface area contributed by atoms with Crippen LogP contribution in [-0.2, 0) is 6.42 Å². The van der Waals surface area contributed by atoms with Crippen LogP contribution < -0.4 is 0 Å². The van der Waals surface area contributed by atoms with E-state index in [1.54, 1.807) is 0 Å². The van der Waals surface area contributed by atoms with Crippen LogP contribution in [0.1, 0.15) is 18.9 Å². The molecule has 4 rings (SSSR count). The third-order valence-corrected chi connectivity index (χ3v) is 4.33. The molecule has 0 bridgehead atoms. The molecule has 1 aromatic heterocycles. The van der Waals surface area contributed by atoms with Crippen molar-refractivity contribution >= 4 is 21.8 Å². The highest BCUT2D eigenvalue weighted by Crippen LogP contribution is 2.30. The Hall–Kier alpha value is -2.54. The first-order valence-electron chi connectivity index (χ1n) is 7.95. The number of benzene rings is 3. The van der Waals surface area contributed by atoms with Crippen LogP contribution in [0.4, 0.5) is 0 Å². The summed E-state index contributed by atoms with van der Waals surface area (Å²) in [5, 5.41) is 2.59. The van der Waals surface area contributed by atoms with Crippen LogP contribution in [0.25, 0.3) is 32.9 Å². The summed E-state index contributed by atoms with van der Waals surface area (Å²) < 4.78 is 0. The van der Waals surface area contributed by atoms with Crippen LogP contribution in [0, 0.1) is 0 Å². The van der Waals surface area contributed by atoms with Gasteiger partial charge in [0.1, 0.15) is 0 Å². The Morgan fingerprint density at radius 3 is 2.27 bits per heavy atom. The molecule has 108 valence electrons. The van der Waals surface area contributed by atoms with Crippen LogP contribution in [0.15, 0.2) is 66.7 Å². The second kappa shape index (κ2) is 5.34. The van der Waals surface area contributed by atoms with Gasteiger partial charge in [-0.3, -0.25) is 0 Å². The molecule has 3 aromatic carbocycles. The van der Waals surface area contributed by atoms with Crippen LogP contribution in [0.2, 0.25) is 0 Å². The van der Waals surface area contributed by atoms with Crippen LogP contribution in [0.3, 0.4) is 0 Å². The number of H-pyrrole nitrogens is 1. The quantitative estimate of drug-likeness (QED) is 0.479. The van der Waals surface area contributed by atoms with Gasteiger partial charge >= 0.3 is 0 Å². The van der Waals surface area contributed by atoms with Crippen molar-refractivity contribution in [2.75, 3.05) is 0 Å². The molecule has 1 N–H and O–H groups in total. The molecule has 0 radical (unpaired) electrons. The highest BCUT2D eigenvalue weighted by Gasteiger charge is 2.05. The zero-order valence-corrected chi connectivity index (χ0v) is 12.8. The average molecular weight is 285 g/mol. The van der Waals surface area contributed by atoms with Crippen molar-refractivity contribution in [2.24, 2.45) is 0 Å². The van der Waals surface area contributed by atoms with Gasteiger partial charge in [-0.05, 0) is 41.3 Å². The smallest absolute Gasteiger partial charge is 0.0465 e. The molecular formula is C21H19N. The standard InChI is InChI=1S/C21H19N/c1-2-5-15-8-10-16(11-9-15)17-12-13-21-19(14-17)18-6-3-4-7-20(18)22-21/h3-4,6-14,22H,2,5H2,1H3. The molecule has 0 spiro atoms. The van der Waals surface area contributed by atoms with Crippen LogP contribution in [-0.4, -0.2) is 4.98 Å². The summed E-state index contributed by atoms with van der Waals surface area (Å²) in [6.07, 6.45) is 2.35. The zero-order valence-electron chi connectivity index (χ0n) is 12.8. The molecule has 0 aliphatic heterocycles. The first kappa shape index (κ1) is 13.1. The number of aromatic amines is 1. The van der Waals surface area contributed by atoms with E-state index in [4.69, 9.17) is 0 Å². The monoisotopic (exact) mass is 285 g/mol. The SMILES string of the molecule is CCCc1ccc(-c2ccc3[nH]c4ccccc4c3c2)cc1. The van der Waals surface area contributed by atoms with Crippen molar-refractivity contribution in [2.45, 2.75) is 19.8 Å². The molecule has 0 unspecified atom stereocenters. The van der Waals surface area contributed by atoms with Gasteiger partial charge in [0.05, 0.1) is 0 Å². The van der Waals surface area contributed by atoms with E-state index >= 15 is 0 Å². The molecule has 1 nitrogen and oxygen atoms in total. The van der Waals surface area contributed by atoms with Gasteiger partial charge in [0.15, 0.2) is 0 Å². The molecule has 0 atom stereocenters. The number of aryl methyl sites for hydroxylation is 1. The molecule has 1 heterocycles. The summed E-state index contributed by atoms with van der Waals surface area (Å²) in [6.45, 7) is 2.22. The number of hydrogen-bond donors (Lipinski definition) is 1. The van der Waals surface area contributed by atoms with Crippen LogP contribution >= 0.6 is 0 Å². The first-order chi connectivity index (χ1) is 10.8. The van der Waals surface area contributed by atoms with E-state index in [9.17, 15) is 0 Å². The number of aromatic nitrogens is 1. The van der Waals surface area contributed by atoms with Crippen molar-refractivity contribution in [1.29, 1.82) is 0 Å². The fraction of sp³-hybridized carbons (Fsp3) is 0.143. The highest BCUT2D eigenvalue weighted by atomic mass is 14.7. The summed E-state index contributed by atoms with van der Waals surface area (Å²) in [5.74, 6) is 0. The molecule has 0 amide bonds. The van der Waals surface area contributed by atoms with Crippen molar-refractivity contribution < 1.29 is 0 Å². The lowest BCUT2D eigenvalue weighted by Gasteiger charge is -2.04. The van der Waals surface area contributed by atoms with Gasteiger partial charge < -0.3 is 4.98 Å². The predicted molar refractivity (Wildman–Crippen MR) is 95.2 cm³/mol. The second-order valence-corrected chi connectivity index (χ2v) is 5.88. The minimum absolute atomic E-state index is 1.15. The van der Waals surface area contributed by atoms with E-state index < -0.39 is 0 Å². The predicted octanol–water partition coefficient (Wildman–Crippen LogP) is 5.94. The number of nitrogens with one attached hydrogen (secondary N) is 1. The van der Waals surface area contributed by atoms with E-state index in [0.29, 0.717) is 0 Å². The Morgan fingerprint density at radius 1 is 0.727 bits per heavy atom. The van der Waals surface area contributed by atoms with Gasteiger partial charge in [-0.25, -0.2) is 0 Å². The van der Waals surface area contributed by atoms with E-state index in [0.717, 1.165) is 6.42 Å². The van der Waals surface area contributed by atoms with Gasteiger partial charge in [0, 0.05) is 21.8 Å². The van der Waals surface area contributed by atoms with Gasteiger partial charge in [0.25, 0.3) is 0 Å². The van der Waals surface area contributed by atoms with Crippen molar-refractivity contribution in [3.63, 3.8) is 0 Å². The Labute approximate surface area is 130 Å². The second-order valence-electron chi connectivity index (χ2n) is 5.88. The lowest BCUT2D eigenvalue weighted by atomic mass is 10.0. The minimum atomic E-state index is 1.15. The first-order valence-corrected chi connectivity index (χ1v) is 7.95. The molecule has 1 heteroatoms. The lowest BCUT2D eigenvalue weighted by Crippen LogP contribution is -1.83. The van der Waals surface area contributed by atoms with Crippen molar-refractivity contribution in [3.05, 3.63) is 72.3 Å². The van der Waals surface area contributed by atoms with Gasteiger partial charge in [-0.15, -0.1) is 0 Å². The maximum Gasteiger partial charge on any atom is 0.0465 e. The summed E-state index contributed by atoms with van der Waals surface area (Å²) in [4.78, 5) is 3.48. The molecule has 0 saturated heterocycles. The number of para-hydroxylation sites is 1. The van der Waals surface area contributed by atoms with E-state index in [-0.39, 0.29) is 0 Å². The van der Waals surface area contributed by atoms with E-state index in [1.807, 2.05) is 0 Å². The highest BCUT2D eigenvalue weighted by molar-refractivity contribution is 6.08. The Bertz CT molecular complexity index is 929. The average Bonchev–Trinajstić information content (AvgIpc) is 2.94. The summed E-state index contributed by atoms with van der Waals surface area (Å²) in [7, 11) is 0. The molecule has 0 fully saturated rings. The van der Waals surface area contributed by atoms with Gasteiger partial charge in [-0.2, -0.15) is 0 Å². The number of fused-ring (bicyclic) bond motifs is 3. The third-order valence-electron chi connectivity index (χ3n) is 4.33. The summed E-state index contributed by atoms with van der Waals surface area (Å²) >= 11 is 0. The Morgan fingerprint density at radius 2 is 1.45 bits per heavy atom. The van der Waals surface area contributed by atoms with E-state index in [1.165, 1.54) is 44.9 Å². The summed E-state index contributed by atoms with van der Waals surface area (Å²) in [5.41, 5.74) is 6.38. The lowest BCUT2D eigenvalue weighted by molar-refractivity contribution is 0.922. The van der Waals surface area contributed by atoms with Crippen molar-refractivity contribution in [3.8, 4) is 11.1 Å². The topological polar surface area (TPSA) is 15.8 Å². The fourth-order valence-corrected chi connectivity index (χ4v) is 3.18. The molecule has 0 aliphatic carbocycles. The van der Waals surface area contributed by atoms with Crippen LogP contribution in [0.5, 0.6) is 0 Å². The van der Waals surface area contributed by atoms with E-state index in [2.05, 4.69) is 78.6 Å². The third kappa shape index (κ3) is 2.19. The Balaban J connectivity index is 1.83. The minimum Gasteiger partial charge on any atom is -0.355 e. The maximum atomic E-state index is 3.48. The maximum absolute atomic E-state index is 3.48. The molecule has 4 aromatic rings. The largest absolute Gasteiger partial charge is 0.355 e.